The number of benzene rings is 2. The second-order valence-electron chi connectivity index (χ2n) is 10.7. The number of carboxylic acid groups (broad SMARTS) is 1. The first-order valence-electron chi connectivity index (χ1n) is 13.3. The average molecular weight is 602 g/mol. The molecule has 2 atom stereocenters. The van der Waals surface area contributed by atoms with Crippen molar-refractivity contribution in [1.82, 2.24) is 24.8 Å². The van der Waals surface area contributed by atoms with Gasteiger partial charge < -0.3 is 25.8 Å². The number of fused-ring (bicyclic) bond motifs is 1. The van der Waals surface area contributed by atoms with Gasteiger partial charge in [0.05, 0.1) is 16.7 Å². The third kappa shape index (κ3) is 5.41. The van der Waals surface area contributed by atoms with Crippen molar-refractivity contribution in [2.75, 3.05) is 30.3 Å². The minimum Gasteiger partial charge on any atom is -0.480 e. The van der Waals surface area contributed by atoms with Crippen LogP contribution in [0.25, 0.3) is 16.7 Å². The van der Waals surface area contributed by atoms with Crippen LogP contribution in [0.2, 0.25) is 5.02 Å². The number of nitrogens with two attached hydrogens (primary N) is 1. The van der Waals surface area contributed by atoms with E-state index in [1.807, 2.05) is 4.90 Å². The van der Waals surface area contributed by atoms with Gasteiger partial charge >= 0.3 is 12.1 Å². The molecule has 0 radical (unpaired) electrons. The summed E-state index contributed by atoms with van der Waals surface area (Å²) < 4.78 is 51.0. The second kappa shape index (κ2) is 10.6. The molecule has 4 heterocycles. The number of carbonyl (C=O) groups is 1. The van der Waals surface area contributed by atoms with Crippen molar-refractivity contribution in [3.8, 4) is 11.6 Å². The fourth-order valence-electron chi connectivity index (χ4n) is 5.86. The van der Waals surface area contributed by atoms with Gasteiger partial charge in [-0.15, -0.1) is 0 Å². The number of hydrogen-bond acceptors (Lipinski definition) is 8. The molecule has 220 valence electrons. The van der Waals surface area contributed by atoms with Crippen molar-refractivity contribution in [3.63, 3.8) is 0 Å². The van der Waals surface area contributed by atoms with Gasteiger partial charge in [0.1, 0.15) is 18.2 Å². The van der Waals surface area contributed by atoms with Crippen LogP contribution in [0.15, 0.2) is 54.9 Å². The number of anilines is 2. The van der Waals surface area contributed by atoms with Gasteiger partial charge in [-0.2, -0.15) is 23.1 Å². The van der Waals surface area contributed by atoms with Crippen LogP contribution in [-0.2, 0) is 4.79 Å². The van der Waals surface area contributed by atoms with Crippen molar-refractivity contribution in [2.24, 2.45) is 5.41 Å². The van der Waals surface area contributed by atoms with E-state index in [1.54, 1.807) is 24.3 Å². The van der Waals surface area contributed by atoms with Crippen molar-refractivity contribution in [2.45, 2.75) is 37.6 Å². The number of rotatable bonds is 6. The van der Waals surface area contributed by atoms with E-state index < -0.39 is 24.3 Å². The number of piperidine rings is 1. The van der Waals surface area contributed by atoms with Crippen molar-refractivity contribution in [3.05, 3.63) is 65.4 Å². The molecular weight excluding hydrogens is 575 g/mol. The Labute approximate surface area is 243 Å². The molecule has 2 unspecified atom stereocenters. The molecule has 2 fully saturated rings. The number of nitrogens with one attached hydrogen (secondary N) is 1. The standard InChI is InChI=1S/C28H27ClF3N7O3/c29-16-5-6-17(21(11-16)39-15-35-18-3-1-2-4-20(18)39)24(28(30,31)32)42-23-12-22(36-26(33)37-23)38-9-7-27(8-10-38)13-19(25(40)41)34-14-27/h1-6,11-12,15,19,24,34H,7-10,13-14H2,(H,40,41)(H2,33,36,37). The first-order chi connectivity index (χ1) is 20.0. The third-order valence-electron chi connectivity index (χ3n) is 8.04. The lowest BCUT2D eigenvalue weighted by molar-refractivity contribution is -0.198. The van der Waals surface area contributed by atoms with Crippen molar-refractivity contribution < 1.29 is 27.8 Å². The zero-order valence-electron chi connectivity index (χ0n) is 22.2. The average Bonchev–Trinajstić information content (AvgIpc) is 3.56. The molecule has 0 saturated carbocycles. The Morgan fingerprint density at radius 3 is 2.64 bits per heavy atom. The van der Waals surface area contributed by atoms with Crippen LogP contribution in [-0.4, -0.2) is 62.4 Å². The third-order valence-corrected chi connectivity index (χ3v) is 8.27. The number of carboxylic acids is 1. The lowest BCUT2D eigenvalue weighted by Gasteiger charge is -2.39. The number of imidazole rings is 1. The number of ether oxygens (including phenoxy) is 1. The number of hydrogen-bond donors (Lipinski definition) is 3. The quantitative estimate of drug-likeness (QED) is 0.286. The van der Waals surface area contributed by atoms with E-state index in [4.69, 9.17) is 22.1 Å². The molecule has 2 aromatic heterocycles. The SMILES string of the molecule is Nc1nc(OC(c2ccc(Cl)cc2-n2cnc3ccccc32)C(F)(F)F)cc(N2CCC3(CC2)CNC(C(=O)O)C3)n1. The summed E-state index contributed by atoms with van der Waals surface area (Å²) in [5, 5.41) is 12.7. The van der Waals surface area contributed by atoms with Crippen LogP contribution in [0.3, 0.4) is 0 Å². The molecule has 4 N–H and O–H groups in total. The molecule has 0 aliphatic carbocycles. The predicted octanol–water partition coefficient (Wildman–Crippen LogP) is 4.77. The largest absolute Gasteiger partial charge is 0.480 e. The van der Waals surface area contributed by atoms with Gasteiger partial charge in [-0.1, -0.05) is 29.8 Å². The highest BCUT2D eigenvalue weighted by molar-refractivity contribution is 6.30. The first kappa shape index (κ1) is 28.0. The summed E-state index contributed by atoms with van der Waals surface area (Å²) in [6, 6.07) is 11.9. The number of alkyl halides is 3. The summed E-state index contributed by atoms with van der Waals surface area (Å²) in [5.74, 6) is -1.09. The molecule has 2 aromatic carbocycles. The second-order valence-corrected chi connectivity index (χ2v) is 11.2. The highest BCUT2D eigenvalue weighted by atomic mass is 35.5. The number of para-hydroxylation sites is 2. The van der Waals surface area contributed by atoms with E-state index >= 15 is 0 Å². The highest BCUT2D eigenvalue weighted by Crippen LogP contribution is 2.42. The van der Waals surface area contributed by atoms with Gasteiger partial charge in [0.15, 0.2) is 0 Å². The predicted molar refractivity (Wildman–Crippen MR) is 150 cm³/mol. The van der Waals surface area contributed by atoms with Crippen LogP contribution < -0.4 is 20.7 Å². The molecule has 6 rings (SSSR count). The van der Waals surface area contributed by atoms with Crippen molar-refractivity contribution in [1.29, 1.82) is 0 Å². The molecular formula is C28H27ClF3N7O3. The molecule has 4 aromatic rings. The number of aliphatic carboxylic acids is 1. The van der Waals surface area contributed by atoms with E-state index in [9.17, 15) is 23.1 Å². The van der Waals surface area contributed by atoms with Gasteiger partial charge in [0.2, 0.25) is 17.9 Å². The lowest BCUT2D eigenvalue weighted by Crippen LogP contribution is -2.41. The minimum absolute atomic E-state index is 0.151. The molecule has 0 amide bonds. The number of nitrogen functional groups attached to an aromatic ring is 1. The van der Waals surface area contributed by atoms with Gasteiger partial charge in [0.25, 0.3) is 0 Å². The normalized spacial score (nSPS) is 19.3. The van der Waals surface area contributed by atoms with E-state index in [2.05, 4.69) is 20.3 Å². The molecule has 2 aliphatic heterocycles. The maximum absolute atomic E-state index is 14.6. The molecule has 14 heteroatoms. The number of aromatic nitrogens is 4. The van der Waals surface area contributed by atoms with Crippen molar-refractivity contribution >= 4 is 40.4 Å². The van der Waals surface area contributed by atoms with E-state index in [1.165, 1.54) is 35.2 Å². The van der Waals surface area contributed by atoms with Gasteiger partial charge in [-0.05, 0) is 48.9 Å². The van der Waals surface area contributed by atoms with Gasteiger partial charge in [0, 0.05) is 36.3 Å². The Morgan fingerprint density at radius 2 is 1.93 bits per heavy atom. The Kier molecular flexibility index (Phi) is 7.09. The Morgan fingerprint density at radius 1 is 1.17 bits per heavy atom. The van der Waals surface area contributed by atoms with Gasteiger partial charge in [-0.3, -0.25) is 9.36 Å². The summed E-state index contributed by atoms with van der Waals surface area (Å²) in [6.07, 6.45) is -3.87. The van der Waals surface area contributed by atoms with Gasteiger partial charge in [-0.25, -0.2) is 4.98 Å². The van der Waals surface area contributed by atoms with Crippen LogP contribution >= 0.6 is 11.6 Å². The fraction of sp³-hybridized carbons (Fsp3) is 0.357. The lowest BCUT2D eigenvalue weighted by atomic mass is 9.76. The van der Waals surface area contributed by atoms with Crippen LogP contribution in [0.4, 0.5) is 24.9 Å². The maximum Gasteiger partial charge on any atom is 0.429 e. The number of nitrogens with zero attached hydrogens (tertiary/aromatic N) is 5. The summed E-state index contributed by atoms with van der Waals surface area (Å²) in [4.78, 5) is 25.8. The summed E-state index contributed by atoms with van der Waals surface area (Å²) in [6.45, 7) is 1.66. The van der Waals surface area contributed by atoms with Crippen LogP contribution in [0, 0.1) is 5.41 Å². The maximum atomic E-state index is 14.6. The Bertz CT molecular complexity index is 1640. The molecule has 0 bridgehead atoms. The fourth-order valence-corrected chi connectivity index (χ4v) is 6.03. The molecule has 1 spiro atoms. The topological polar surface area (TPSA) is 131 Å². The summed E-state index contributed by atoms with van der Waals surface area (Å²) in [5.41, 5.74) is 6.96. The minimum atomic E-state index is -4.83. The Hall–Kier alpha value is -4.10. The zero-order valence-corrected chi connectivity index (χ0v) is 22.9. The van der Waals surface area contributed by atoms with Crippen LogP contribution in [0.1, 0.15) is 30.9 Å². The van der Waals surface area contributed by atoms with E-state index in [0.717, 1.165) is 0 Å². The summed E-state index contributed by atoms with van der Waals surface area (Å²) >= 11 is 6.23. The molecule has 2 saturated heterocycles. The number of halogens is 4. The smallest absolute Gasteiger partial charge is 0.429 e. The Balaban J connectivity index is 1.29. The zero-order chi connectivity index (χ0) is 29.6. The molecule has 42 heavy (non-hydrogen) atoms. The first-order valence-corrected chi connectivity index (χ1v) is 13.7. The van der Waals surface area contributed by atoms with E-state index in [-0.39, 0.29) is 33.5 Å². The van der Waals surface area contributed by atoms with Crippen LogP contribution in [0.5, 0.6) is 5.88 Å². The molecule has 2 aliphatic rings. The molecule has 10 nitrogen and oxygen atoms in total. The summed E-state index contributed by atoms with van der Waals surface area (Å²) in [7, 11) is 0. The highest BCUT2D eigenvalue weighted by Gasteiger charge is 2.46. The van der Waals surface area contributed by atoms with E-state index in [0.29, 0.717) is 55.7 Å². The monoisotopic (exact) mass is 601 g/mol.